The van der Waals surface area contributed by atoms with Gasteiger partial charge in [-0.25, -0.2) is 18.4 Å². The molecule has 0 radical (unpaired) electrons. The van der Waals surface area contributed by atoms with E-state index in [0.29, 0.717) is 18.0 Å². The molecule has 2 N–H and O–H groups in total. The Hall–Kier alpha value is -1.93. The Labute approximate surface area is 159 Å². The third-order valence-corrected chi connectivity index (χ3v) is 5.97. The number of rotatable bonds is 7. The number of benzene rings is 1. The number of hydrogen-bond donors (Lipinski definition) is 2. The highest BCUT2D eigenvalue weighted by Crippen LogP contribution is 2.17. The first-order chi connectivity index (χ1) is 12.3. The number of sulfone groups is 1. The van der Waals surface area contributed by atoms with Crippen LogP contribution < -0.4 is 10.6 Å². The molecular weight excluding hydrogens is 368 g/mol. The van der Waals surface area contributed by atoms with Gasteiger partial charge in [0.1, 0.15) is 0 Å². The number of aliphatic imine (C=N–C) groups is 1. The Bertz CT molecular complexity index is 856. The van der Waals surface area contributed by atoms with Crippen LogP contribution in [0.2, 0.25) is 0 Å². The largest absolute Gasteiger partial charge is 0.357 e. The molecular formula is C18H26N4O2S2. The first-order valence-corrected chi connectivity index (χ1v) is 11.2. The minimum absolute atomic E-state index is 0.347. The van der Waals surface area contributed by atoms with Gasteiger partial charge in [-0.05, 0) is 44.9 Å². The monoisotopic (exact) mass is 394 g/mol. The molecule has 1 aromatic heterocycles. The van der Waals surface area contributed by atoms with E-state index < -0.39 is 9.84 Å². The third kappa shape index (κ3) is 6.10. The highest BCUT2D eigenvalue weighted by molar-refractivity contribution is 7.90. The zero-order valence-corrected chi connectivity index (χ0v) is 17.3. The molecule has 2 rings (SSSR count). The van der Waals surface area contributed by atoms with E-state index in [1.807, 2.05) is 32.9 Å². The van der Waals surface area contributed by atoms with E-state index in [1.165, 1.54) is 11.1 Å². The van der Waals surface area contributed by atoms with Gasteiger partial charge < -0.3 is 10.6 Å². The zero-order valence-electron chi connectivity index (χ0n) is 15.7. The lowest BCUT2D eigenvalue weighted by atomic mass is 10.1. The van der Waals surface area contributed by atoms with Gasteiger partial charge in [-0.1, -0.05) is 12.1 Å². The molecule has 0 saturated carbocycles. The van der Waals surface area contributed by atoms with Crippen molar-refractivity contribution in [2.75, 3.05) is 19.3 Å². The number of thiazole rings is 1. The molecule has 0 amide bonds. The second-order valence-corrected chi connectivity index (χ2v) is 9.33. The summed E-state index contributed by atoms with van der Waals surface area (Å²) in [6.07, 6.45) is 2.00. The molecule has 1 heterocycles. The van der Waals surface area contributed by atoms with Gasteiger partial charge >= 0.3 is 0 Å². The van der Waals surface area contributed by atoms with Gasteiger partial charge in [-0.2, -0.15) is 0 Å². The van der Waals surface area contributed by atoms with Crippen LogP contribution in [0.4, 0.5) is 0 Å². The standard InChI is InChI=1S/C18H26N4O2S2/c1-5-19-18(21-12-17-13(2)22-14(3)25-17)20-11-10-15-6-8-16(9-7-15)26(4,23)24/h6-9H,5,10-12H2,1-4H3,(H2,19,20,21). The summed E-state index contributed by atoms with van der Waals surface area (Å²) in [6, 6.07) is 7.01. The molecule has 0 fully saturated rings. The van der Waals surface area contributed by atoms with Crippen LogP contribution in [-0.4, -0.2) is 38.7 Å². The van der Waals surface area contributed by atoms with Gasteiger partial charge in [0, 0.05) is 24.2 Å². The normalized spacial score (nSPS) is 12.2. The Morgan fingerprint density at radius 2 is 1.88 bits per heavy atom. The lowest BCUT2D eigenvalue weighted by Crippen LogP contribution is -2.38. The van der Waals surface area contributed by atoms with E-state index in [9.17, 15) is 8.42 Å². The van der Waals surface area contributed by atoms with Crippen LogP contribution in [0.3, 0.4) is 0 Å². The maximum absolute atomic E-state index is 11.5. The number of nitrogens with one attached hydrogen (secondary N) is 2. The number of aromatic nitrogens is 1. The summed E-state index contributed by atoms with van der Waals surface area (Å²) in [5.41, 5.74) is 2.12. The van der Waals surface area contributed by atoms with E-state index in [-0.39, 0.29) is 0 Å². The second kappa shape index (κ2) is 9.14. The lowest BCUT2D eigenvalue weighted by Gasteiger charge is -2.11. The average Bonchev–Trinajstić information content (AvgIpc) is 2.90. The van der Waals surface area contributed by atoms with Crippen LogP contribution in [0.1, 0.15) is 28.1 Å². The van der Waals surface area contributed by atoms with Gasteiger partial charge in [-0.3, -0.25) is 0 Å². The Kier molecular flexibility index (Phi) is 7.16. The predicted molar refractivity (Wildman–Crippen MR) is 108 cm³/mol. The Balaban J connectivity index is 1.91. The summed E-state index contributed by atoms with van der Waals surface area (Å²) in [4.78, 5) is 10.6. The fraction of sp³-hybridized carbons (Fsp3) is 0.444. The number of hydrogen-bond acceptors (Lipinski definition) is 5. The van der Waals surface area contributed by atoms with Crippen molar-refractivity contribution in [2.24, 2.45) is 4.99 Å². The topological polar surface area (TPSA) is 83.4 Å². The smallest absolute Gasteiger partial charge is 0.191 e. The number of aryl methyl sites for hydroxylation is 2. The Morgan fingerprint density at radius 1 is 1.19 bits per heavy atom. The van der Waals surface area contributed by atoms with Crippen LogP contribution >= 0.6 is 11.3 Å². The second-order valence-electron chi connectivity index (χ2n) is 6.03. The van der Waals surface area contributed by atoms with E-state index in [1.54, 1.807) is 23.5 Å². The molecule has 6 nitrogen and oxygen atoms in total. The number of guanidine groups is 1. The molecule has 0 aliphatic heterocycles. The van der Waals surface area contributed by atoms with E-state index in [0.717, 1.165) is 35.2 Å². The molecule has 0 spiro atoms. The fourth-order valence-electron chi connectivity index (χ4n) is 2.44. The molecule has 142 valence electrons. The lowest BCUT2D eigenvalue weighted by molar-refractivity contribution is 0.602. The third-order valence-electron chi connectivity index (χ3n) is 3.78. The summed E-state index contributed by atoms with van der Waals surface area (Å²) in [6.45, 7) is 8.15. The SMILES string of the molecule is CCNC(=NCc1sc(C)nc1C)NCCc1ccc(S(C)(=O)=O)cc1. The van der Waals surface area contributed by atoms with E-state index in [2.05, 4.69) is 20.6 Å². The average molecular weight is 395 g/mol. The molecule has 0 aliphatic carbocycles. The first kappa shape index (κ1) is 20.4. The number of nitrogens with zero attached hydrogens (tertiary/aromatic N) is 2. The van der Waals surface area contributed by atoms with Crippen molar-refractivity contribution in [3.8, 4) is 0 Å². The van der Waals surface area contributed by atoms with Crippen LogP contribution in [0.15, 0.2) is 34.2 Å². The van der Waals surface area contributed by atoms with Crippen molar-refractivity contribution in [3.63, 3.8) is 0 Å². The summed E-state index contributed by atoms with van der Waals surface area (Å²) in [5.74, 6) is 0.769. The molecule has 0 saturated heterocycles. The van der Waals surface area contributed by atoms with Gasteiger partial charge in [0.2, 0.25) is 0 Å². The quantitative estimate of drug-likeness (QED) is 0.557. The van der Waals surface area contributed by atoms with Crippen LogP contribution in [0, 0.1) is 13.8 Å². The highest BCUT2D eigenvalue weighted by atomic mass is 32.2. The van der Waals surface area contributed by atoms with Gasteiger partial charge in [0.15, 0.2) is 15.8 Å². The molecule has 0 bridgehead atoms. The predicted octanol–water partition coefficient (Wildman–Crippen LogP) is 2.46. The van der Waals surface area contributed by atoms with Crippen molar-refractivity contribution < 1.29 is 8.42 Å². The minimum atomic E-state index is -3.15. The van der Waals surface area contributed by atoms with Crippen molar-refractivity contribution in [1.29, 1.82) is 0 Å². The molecule has 1 aromatic carbocycles. The summed E-state index contributed by atoms with van der Waals surface area (Å²) in [7, 11) is -3.15. The van der Waals surface area contributed by atoms with Crippen molar-refractivity contribution in [1.82, 2.24) is 15.6 Å². The first-order valence-electron chi connectivity index (χ1n) is 8.53. The molecule has 26 heavy (non-hydrogen) atoms. The van der Waals surface area contributed by atoms with Crippen molar-refractivity contribution >= 4 is 27.1 Å². The summed E-state index contributed by atoms with van der Waals surface area (Å²) < 4.78 is 23.0. The van der Waals surface area contributed by atoms with Crippen LogP contribution in [-0.2, 0) is 22.8 Å². The molecule has 2 aromatic rings. The highest BCUT2D eigenvalue weighted by Gasteiger charge is 2.07. The molecule has 0 unspecified atom stereocenters. The summed E-state index contributed by atoms with van der Waals surface area (Å²) >= 11 is 1.68. The van der Waals surface area contributed by atoms with Gasteiger partial charge in [0.05, 0.1) is 22.1 Å². The summed E-state index contributed by atoms with van der Waals surface area (Å²) in [5, 5.41) is 7.61. The fourth-order valence-corrected chi connectivity index (χ4v) is 3.93. The maximum Gasteiger partial charge on any atom is 0.191 e. The zero-order chi connectivity index (χ0) is 19.2. The van der Waals surface area contributed by atoms with Crippen LogP contribution in [0.25, 0.3) is 0 Å². The Morgan fingerprint density at radius 3 is 2.42 bits per heavy atom. The molecule has 8 heteroatoms. The van der Waals surface area contributed by atoms with Crippen molar-refractivity contribution in [2.45, 2.75) is 38.6 Å². The maximum atomic E-state index is 11.5. The minimum Gasteiger partial charge on any atom is -0.357 e. The van der Waals surface area contributed by atoms with Crippen LogP contribution in [0.5, 0.6) is 0 Å². The van der Waals surface area contributed by atoms with Gasteiger partial charge in [-0.15, -0.1) is 11.3 Å². The van der Waals surface area contributed by atoms with Gasteiger partial charge in [0.25, 0.3) is 0 Å². The van der Waals surface area contributed by atoms with Crippen molar-refractivity contribution in [3.05, 3.63) is 45.4 Å². The molecule has 0 atom stereocenters. The molecule has 0 aliphatic rings. The van der Waals surface area contributed by atoms with E-state index >= 15 is 0 Å². The van der Waals surface area contributed by atoms with E-state index in [4.69, 9.17) is 0 Å².